The number of nitrogens with two attached hydrogens (primary N) is 1. The summed E-state index contributed by atoms with van der Waals surface area (Å²) in [5.74, 6) is -1.94. The van der Waals surface area contributed by atoms with Gasteiger partial charge >= 0.3 is 0 Å². The van der Waals surface area contributed by atoms with Crippen LogP contribution in [0.1, 0.15) is 17.2 Å². The Morgan fingerprint density at radius 3 is 2.42 bits per heavy atom. The summed E-state index contributed by atoms with van der Waals surface area (Å²) in [6.45, 7) is 0. The summed E-state index contributed by atoms with van der Waals surface area (Å²) in [7, 11) is 0. The molecule has 0 spiro atoms. The Labute approximate surface area is 119 Å². The fourth-order valence-corrected chi connectivity index (χ4v) is 2.35. The van der Waals surface area contributed by atoms with Gasteiger partial charge in [0.2, 0.25) is 0 Å². The molecule has 2 aromatic carbocycles. The van der Waals surface area contributed by atoms with E-state index in [0.29, 0.717) is 17.0 Å². The second kappa shape index (κ2) is 5.87. The van der Waals surface area contributed by atoms with Gasteiger partial charge < -0.3 is 5.73 Å². The van der Waals surface area contributed by atoms with E-state index >= 15 is 0 Å². The zero-order valence-electron chi connectivity index (χ0n) is 9.84. The molecule has 2 rings (SSSR count). The predicted molar refractivity (Wildman–Crippen MR) is 73.5 cm³/mol. The molecule has 0 aliphatic heterocycles. The van der Waals surface area contributed by atoms with Crippen molar-refractivity contribution in [3.8, 4) is 0 Å². The van der Waals surface area contributed by atoms with Crippen LogP contribution in [0.4, 0.5) is 8.78 Å². The molecule has 1 atom stereocenters. The molecule has 5 heteroatoms. The molecule has 0 saturated heterocycles. The summed E-state index contributed by atoms with van der Waals surface area (Å²) in [4.78, 5) is 0. The molecule has 0 aliphatic carbocycles. The van der Waals surface area contributed by atoms with Gasteiger partial charge in [-0.05, 0) is 41.8 Å². The van der Waals surface area contributed by atoms with Gasteiger partial charge in [-0.15, -0.1) is 0 Å². The third kappa shape index (κ3) is 3.44. The number of halogens is 4. The maximum absolute atomic E-state index is 13.2. The SMILES string of the molecule is NC(Cc1cccc(Cl)c1)c1cc(F)c(F)cc1Cl. The van der Waals surface area contributed by atoms with Crippen molar-refractivity contribution in [2.45, 2.75) is 12.5 Å². The quantitative estimate of drug-likeness (QED) is 0.829. The van der Waals surface area contributed by atoms with Crippen LogP contribution < -0.4 is 5.73 Å². The van der Waals surface area contributed by atoms with Gasteiger partial charge in [0.1, 0.15) is 0 Å². The van der Waals surface area contributed by atoms with Gasteiger partial charge in [0.05, 0.1) is 0 Å². The van der Waals surface area contributed by atoms with Crippen LogP contribution in [-0.2, 0) is 6.42 Å². The van der Waals surface area contributed by atoms with Crippen molar-refractivity contribution < 1.29 is 8.78 Å². The summed E-state index contributed by atoms with van der Waals surface area (Å²) in [6, 6.07) is 8.63. The highest BCUT2D eigenvalue weighted by atomic mass is 35.5. The Balaban J connectivity index is 2.25. The van der Waals surface area contributed by atoms with E-state index in [0.717, 1.165) is 17.7 Å². The molecule has 0 radical (unpaired) electrons. The third-order valence-corrected chi connectivity index (χ3v) is 3.35. The second-order valence-electron chi connectivity index (χ2n) is 4.23. The molecule has 0 saturated carbocycles. The van der Waals surface area contributed by atoms with Gasteiger partial charge in [-0.25, -0.2) is 8.78 Å². The van der Waals surface area contributed by atoms with Crippen LogP contribution in [0.5, 0.6) is 0 Å². The standard InChI is InChI=1S/C14H11Cl2F2N/c15-9-3-1-2-8(4-9)5-14(19)10-6-12(17)13(18)7-11(10)16/h1-4,6-7,14H,5,19H2. The average molecular weight is 302 g/mol. The lowest BCUT2D eigenvalue weighted by atomic mass is 9.99. The van der Waals surface area contributed by atoms with Crippen molar-refractivity contribution in [2.75, 3.05) is 0 Å². The van der Waals surface area contributed by atoms with E-state index in [1.54, 1.807) is 18.2 Å². The lowest BCUT2D eigenvalue weighted by Crippen LogP contribution is -2.14. The van der Waals surface area contributed by atoms with Gasteiger partial charge in [0.25, 0.3) is 0 Å². The van der Waals surface area contributed by atoms with Crippen LogP contribution in [0.15, 0.2) is 36.4 Å². The summed E-state index contributed by atoms with van der Waals surface area (Å²) in [5, 5.41) is 0.717. The highest BCUT2D eigenvalue weighted by Crippen LogP contribution is 2.27. The smallest absolute Gasteiger partial charge is 0.160 e. The average Bonchev–Trinajstić information content (AvgIpc) is 2.33. The van der Waals surface area contributed by atoms with E-state index in [9.17, 15) is 8.78 Å². The van der Waals surface area contributed by atoms with Crippen molar-refractivity contribution in [1.29, 1.82) is 0 Å². The van der Waals surface area contributed by atoms with Crippen molar-refractivity contribution in [2.24, 2.45) is 5.73 Å². The third-order valence-electron chi connectivity index (χ3n) is 2.78. The molecule has 1 unspecified atom stereocenters. The number of hydrogen-bond donors (Lipinski definition) is 1. The van der Waals surface area contributed by atoms with Crippen LogP contribution in [-0.4, -0.2) is 0 Å². The normalized spacial score (nSPS) is 12.5. The maximum atomic E-state index is 13.2. The number of hydrogen-bond acceptors (Lipinski definition) is 1. The lowest BCUT2D eigenvalue weighted by molar-refractivity contribution is 0.505. The van der Waals surface area contributed by atoms with E-state index in [1.807, 2.05) is 6.07 Å². The monoisotopic (exact) mass is 301 g/mol. The fraction of sp³-hybridized carbons (Fsp3) is 0.143. The van der Waals surface area contributed by atoms with Crippen molar-refractivity contribution in [3.05, 3.63) is 69.2 Å². The summed E-state index contributed by atoms with van der Waals surface area (Å²) in [5.41, 5.74) is 7.26. The fourth-order valence-electron chi connectivity index (χ4n) is 1.85. The number of rotatable bonds is 3. The van der Waals surface area contributed by atoms with E-state index in [4.69, 9.17) is 28.9 Å². The van der Waals surface area contributed by atoms with Crippen LogP contribution in [0.25, 0.3) is 0 Å². The molecule has 0 bridgehead atoms. The Kier molecular flexibility index (Phi) is 4.40. The minimum atomic E-state index is -0.983. The molecule has 0 fully saturated rings. The maximum Gasteiger partial charge on any atom is 0.160 e. The Morgan fingerprint density at radius 1 is 1.05 bits per heavy atom. The van der Waals surface area contributed by atoms with Crippen LogP contribution >= 0.6 is 23.2 Å². The lowest BCUT2D eigenvalue weighted by Gasteiger charge is -2.14. The zero-order valence-corrected chi connectivity index (χ0v) is 11.3. The minimum Gasteiger partial charge on any atom is -0.324 e. The second-order valence-corrected chi connectivity index (χ2v) is 5.07. The van der Waals surface area contributed by atoms with Crippen molar-refractivity contribution >= 4 is 23.2 Å². The summed E-state index contributed by atoms with van der Waals surface area (Å²) >= 11 is 11.8. The van der Waals surface area contributed by atoms with E-state index in [1.165, 1.54) is 0 Å². The number of benzene rings is 2. The summed E-state index contributed by atoms with van der Waals surface area (Å²) < 4.78 is 26.2. The van der Waals surface area contributed by atoms with Gasteiger partial charge in [-0.1, -0.05) is 35.3 Å². The zero-order chi connectivity index (χ0) is 14.0. The predicted octanol–water partition coefficient (Wildman–Crippen LogP) is 4.51. The molecule has 100 valence electrons. The van der Waals surface area contributed by atoms with Gasteiger partial charge in [-0.2, -0.15) is 0 Å². The van der Waals surface area contributed by atoms with Crippen LogP contribution in [0.3, 0.4) is 0 Å². The molecular weight excluding hydrogens is 291 g/mol. The van der Waals surface area contributed by atoms with E-state index in [2.05, 4.69) is 0 Å². The highest BCUT2D eigenvalue weighted by molar-refractivity contribution is 6.31. The first kappa shape index (κ1) is 14.3. The molecule has 0 aliphatic rings. The molecule has 0 amide bonds. The van der Waals surface area contributed by atoms with Crippen LogP contribution in [0.2, 0.25) is 10.0 Å². The first-order valence-electron chi connectivity index (χ1n) is 5.62. The molecule has 0 heterocycles. The first-order chi connectivity index (χ1) is 8.97. The Hall–Kier alpha value is -1.16. The van der Waals surface area contributed by atoms with Gasteiger partial charge in [0.15, 0.2) is 11.6 Å². The minimum absolute atomic E-state index is 0.119. The molecule has 2 aromatic rings. The largest absolute Gasteiger partial charge is 0.324 e. The molecule has 1 nitrogen and oxygen atoms in total. The Bertz CT molecular complexity index is 602. The summed E-state index contributed by atoms with van der Waals surface area (Å²) in [6.07, 6.45) is 0.436. The van der Waals surface area contributed by atoms with E-state index < -0.39 is 17.7 Å². The Morgan fingerprint density at radius 2 is 1.74 bits per heavy atom. The van der Waals surface area contributed by atoms with Crippen molar-refractivity contribution in [1.82, 2.24) is 0 Å². The molecule has 19 heavy (non-hydrogen) atoms. The molecular formula is C14H11Cl2F2N. The van der Waals surface area contributed by atoms with Gasteiger partial charge in [-0.3, -0.25) is 0 Å². The molecule has 0 aromatic heterocycles. The van der Waals surface area contributed by atoms with E-state index in [-0.39, 0.29) is 5.02 Å². The van der Waals surface area contributed by atoms with Gasteiger partial charge in [0, 0.05) is 16.1 Å². The topological polar surface area (TPSA) is 26.0 Å². The van der Waals surface area contributed by atoms with Crippen LogP contribution in [0, 0.1) is 11.6 Å². The first-order valence-corrected chi connectivity index (χ1v) is 6.37. The molecule has 2 N–H and O–H groups in total. The van der Waals surface area contributed by atoms with Crippen molar-refractivity contribution in [3.63, 3.8) is 0 Å². The highest BCUT2D eigenvalue weighted by Gasteiger charge is 2.15.